The van der Waals surface area contributed by atoms with Crippen molar-refractivity contribution in [3.8, 4) is 0 Å². The van der Waals surface area contributed by atoms with E-state index >= 15 is 0 Å². The SMILES string of the molecule is CCC1C(C)C23C4C(C5C6=C(C5C)C5(N)C6=C6CCC65)CC42C13. The van der Waals surface area contributed by atoms with Crippen LogP contribution in [0, 0.1) is 58.2 Å². The summed E-state index contributed by atoms with van der Waals surface area (Å²) < 4.78 is 0. The molecule has 8 aliphatic carbocycles. The normalized spacial score (nSPS) is 73.0. The van der Waals surface area contributed by atoms with E-state index in [1.165, 1.54) is 25.2 Å². The Bertz CT molecular complexity index is 810. The fraction of sp³-hybridized carbons (Fsp3) is 0.818. The molecule has 120 valence electrons. The van der Waals surface area contributed by atoms with Crippen molar-refractivity contribution in [3.05, 3.63) is 22.3 Å². The first-order chi connectivity index (χ1) is 11.1. The van der Waals surface area contributed by atoms with E-state index in [4.69, 9.17) is 5.73 Å². The first kappa shape index (κ1) is 11.9. The van der Waals surface area contributed by atoms with Crippen molar-refractivity contribution in [2.45, 2.75) is 52.0 Å². The van der Waals surface area contributed by atoms with Gasteiger partial charge in [0, 0.05) is 5.92 Å². The fourth-order valence-electron chi connectivity index (χ4n) is 10.8. The van der Waals surface area contributed by atoms with Crippen molar-refractivity contribution in [1.29, 1.82) is 0 Å². The summed E-state index contributed by atoms with van der Waals surface area (Å²) in [5.41, 5.74) is 15.7. The van der Waals surface area contributed by atoms with Crippen molar-refractivity contribution < 1.29 is 0 Å². The van der Waals surface area contributed by atoms with Gasteiger partial charge in [0.2, 0.25) is 0 Å². The van der Waals surface area contributed by atoms with Crippen LogP contribution in [0.3, 0.4) is 0 Å². The minimum atomic E-state index is 0.102. The average Bonchev–Trinajstić information content (AvgIpc) is 3.21. The van der Waals surface area contributed by atoms with Crippen LogP contribution in [-0.2, 0) is 0 Å². The fourth-order valence-corrected chi connectivity index (χ4v) is 10.8. The van der Waals surface area contributed by atoms with Gasteiger partial charge in [-0.15, -0.1) is 0 Å². The van der Waals surface area contributed by atoms with Gasteiger partial charge < -0.3 is 5.73 Å². The lowest BCUT2D eigenvalue weighted by atomic mass is 9.32. The Morgan fingerprint density at radius 1 is 1.22 bits per heavy atom. The van der Waals surface area contributed by atoms with Crippen molar-refractivity contribution in [2.24, 2.45) is 63.9 Å². The molecule has 0 amide bonds. The Kier molecular flexibility index (Phi) is 1.40. The topological polar surface area (TPSA) is 26.0 Å². The van der Waals surface area contributed by atoms with Gasteiger partial charge >= 0.3 is 0 Å². The molecule has 8 rings (SSSR count). The molecule has 0 heterocycles. The second-order valence-corrected chi connectivity index (χ2v) is 10.7. The maximum atomic E-state index is 6.82. The third-order valence-corrected chi connectivity index (χ3v) is 11.3. The summed E-state index contributed by atoms with van der Waals surface area (Å²) in [5.74, 6) is 8.04. The highest BCUT2D eigenvalue weighted by molar-refractivity contribution is 5.79. The number of hydrogen-bond acceptors (Lipinski definition) is 1. The van der Waals surface area contributed by atoms with Gasteiger partial charge in [-0.25, -0.2) is 0 Å². The molecule has 0 aromatic rings. The minimum Gasteiger partial charge on any atom is -0.317 e. The average molecular weight is 305 g/mol. The van der Waals surface area contributed by atoms with Gasteiger partial charge in [0.1, 0.15) is 0 Å². The summed E-state index contributed by atoms with van der Waals surface area (Å²) in [6.07, 6.45) is 5.78. The molecule has 8 aliphatic rings. The van der Waals surface area contributed by atoms with Gasteiger partial charge in [0.25, 0.3) is 0 Å². The zero-order valence-corrected chi connectivity index (χ0v) is 14.5. The van der Waals surface area contributed by atoms with Gasteiger partial charge in [-0.05, 0) is 88.2 Å². The molecule has 11 unspecified atom stereocenters. The van der Waals surface area contributed by atoms with E-state index < -0.39 is 0 Å². The minimum absolute atomic E-state index is 0.102. The van der Waals surface area contributed by atoms with Gasteiger partial charge in [0.05, 0.1) is 5.54 Å². The van der Waals surface area contributed by atoms with E-state index in [-0.39, 0.29) is 5.54 Å². The van der Waals surface area contributed by atoms with E-state index in [1.807, 2.05) is 5.57 Å². The summed E-state index contributed by atoms with van der Waals surface area (Å²) in [5, 5.41) is 0. The molecule has 0 radical (unpaired) electrons. The molecule has 1 heteroatoms. The molecule has 0 aromatic heterocycles. The molecule has 0 aliphatic heterocycles. The highest BCUT2D eigenvalue weighted by atomic mass is 15.1. The molecular weight excluding hydrogens is 278 g/mol. The van der Waals surface area contributed by atoms with Crippen LogP contribution in [0.1, 0.15) is 46.5 Å². The number of rotatable bonds is 2. The maximum absolute atomic E-state index is 6.82. The van der Waals surface area contributed by atoms with E-state index in [0.717, 1.165) is 52.3 Å². The zero-order valence-electron chi connectivity index (χ0n) is 14.5. The predicted octanol–water partition coefficient (Wildman–Crippen LogP) is 3.91. The van der Waals surface area contributed by atoms with Crippen molar-refractivity contribution in [2.75, 3.05) is 0 Å². The molecule has 0 aromatic carbocycles. The van der Waals surface area contributed by atoms with Crippen LogP contribution >= 0.6 is 0 Å². The maximum Gasteiger partial charge on any atom is 0.0702 e. The molecule has 5 saturated carbocycles. The third-order valence-electron chi connectivity index (χ3n) is 11.3. The summed E-state index contributed by atoms with van der Waals surface area (Å²) in [6, 6.07) is 0. The zero-order chi connectivity index (χ0) is 15.3. The third kappa shape index (κ3) is 0.689. The molecule has 0 saturated heterocycles. The van der Waals surface area contributed by atoms with Gasteiger partial charge in [-0.3, -0.25) is 0 Å². The molecule has 23 heavy (non-hydrogen) atoms. The number of nitrogens with two attached hydrogens (primary N) is 1. The number of hydrogen-bond donors (Lipinski definition) is 1. The van der Waals surface area contributed by atoms with Gasteiger partial charge in [-0.1, -0.05) is 32.8 Å². The Morgan fingerprint density at radius 2 is 2.04 bits per heavy atom. The van der Waals surface area contributed by atoms with Crippen LogP contribution in [0.4, 0.5) is 0 Å². The largest absolute Gasteiger partial charge is 0.317 e. The van der Waals surface area contributed by atoms with Crippen LogP contribution in [0.25, 0.3) is 0 Å². The van der Waals surface area contributed by atoms with Gasteiger partial charge in [0.15, 0.2) is 0 Å². The van der Waals surface area contributed by atoms with Crippen LogP contribution in [0.2, 0.25) is 0 Å². The Balaban J connectivity index is 1.14. The van der Waals surface area contributed by atoms with Crippen molar-refractivity contribution >= 4 is 0 Å². The molecule has 2 N–H and O–H groups in total. The lowest BCUT2D eigenvalue weighted by Gasteiger charge is -2.73. The highest BCUT2D eigenvalue weighted by Crippen LogP contribution is 3.12. The van der Waals surface area contributed by atoms with E-state index in [0.29, 0.717) is 0 Å². The monoisotopic (exact) mass is 305 g/mol. The molecule has 2 spiro atoms. The van der Waals surface area contributed by atoms with Crippen molar-refractivity contribution in [3.63, 3.8) is 0 Å². The number of fused-ring (bicyclic) bond motifs is 5. The Labute approximate surface area is 138 Å². The standard InChI is InChI=1S/C22H27N/c1-4-10-9(3)21-18(10)20(21)7-12(19(20)21)14-8(2)16-15(14)17-11-5-6-13(11)22(16,17)23/h8-10,12-14,18-19H,4-7,23H2,1-3H3. The first-order valence-electron chi connectivity index (χ1n) is 10.3. The predicted molar refractivity (Wildman–Crippen MR) is 89.2 cm³/mol. The summed E-state index contributed by atoms with van der Waals surface area (Å²) >= 11 is 0. The summed E-state index contributed by atoms with van der Waals surface area (Å²) in [4.78, 5) is 0. The summed E-state index contributed by atoms with van der Waals surface area (Å²) in [6.45, 7) is 7.53. The van der Waals surface area contributed by atoms with Crippen LogP contribution in [-0.4, -0.2) is 5.54 Å². The quantitative estimate of drug-likeness (QED) is 0.822. The Hall–Kier alpha value is -0.560. The van der Waals surface area contributed by atoms with Gasteiger partial charge in [-0.2, -0.15) is 0 Å². The second-order valence-electron chi connectivity index (χ2n) is 10.7. The summed E-state index contributed by atoms with van der Waals surface area (Å²) in [7, 11) is 0. The smallest absolute Gasteiger partial charge is 0.0702 e. The van der Waals surface area contributed by atoms with Crippen LogP contribution in [0.15, 0.2) is 22.3 Å². The highest BCUT2D eigenvalue weighted by Gasteiger charge is 3.09. The van der Waals surface area contributed by atoms with Crippen LogP contribution < -0.4 is 5.73 Å². The van der Waals surface area contributed by atoms with E-state index in [9.17, 15) is 0 Å². The second kappa shape index (κ2) is 2.71. The first-order valence-corrected chi connectivity index (χ1v) is 10.3. The van der Waals surface area contributed by atoms with Crippen molar-refractivity contribution in [1.82, 2.24) is 0 Å². The molecule has 5 fully saturated rings. The van der Waals surface area contributed by atoms with Crippen LogP contribution in [0.5, 0.6) is 0 Å². The van der Waals surface area contributed by atoms with E-state index in [2.05, 4.69) is 20.8 Å². The lowest BCUT2D eigenvalue weighted by molar-refractivity contribution is -0.0540. The molecular formula is C22H27N. The Morgan fingerprint density at radius 3 is 2.70 bits per heavy atom. The molecule has 1 nitrogen and oxygen atoms in total. The van der Waals surface area contributed by atoms with E-state index in [1.54, 1.807) is 23.1 Å². The lowest BCUT2D eigenvalue weighted by Crippen LogP contribution is -2.74. The molecule has 11 atom stereocenters. The molecule has 0 bridgehead atoms.